The van der Waals surface area contributed by atoms with E-state index in [1.54, 1.807) is 12.4 Å². The van der Waals surface area contributed by atoms with E-state index in [1.807, 2.05) is 6.07 Å². The topological polar surface area (TPSA) is 67.4 Å². The number of nitrogens with one attached hydrogen (secondary N) is 1. The van der Waals surface area contributed by atoms with Crippen LogP contribution in [0.25, 0.3) is 0 Å². The molecule has 1 aromatic heterocycles. The molecule has 3 aliphatic rings. The van der Waals surface area contributed by atoms with E-state index >= 15 is 0 Å². The molecule has 0 bridgehead atoms. The van der Waals surface area contributed by atoms with Crippen molar-refractivity contribution in [2.24, 2.45) is 11.8 Å². The van der Waals surface area contributed by atoms with E-state index in [1.165, 1.54) is 6.42 Å². The van der Waals surface area contributed by atoms with Crippen LogP contribution in [0.4, 0.5) is 5.95 Å². The smallest absolute Gasteiger partial charge is 0.225 e. The molecule has 6 nitrogen and oxygen atoms in total. The van der Waals surface area contributed by atoms with Crippen molar-refractivity contribution in [3.63, 3.8) is 0 Å². The van der Waals surface area contributed by atoms with Crippen LogP contribution in [0, 0.1) is 11.8 Å². The molecule has 0 aromatic carbocycles. The Kier molecular flexibility index (Phi) is 4.16. The van der Waals surface area contributed by atoms with Gasteiger partial charge in [-0.1, -0.05) is 6.42 Å². The van der Waals surface area contributed by atoms with Gasteiger partial charge in [-0.3, -0.25) is 4.79 Å². The molecule has 2 aliphatic heterocycles. The van der Waals surface area contributed by atoms with Gasteiger partial charge in [0.2, 0.25) is 11.9 Å². The maximum atomic E-state index is 12.4. The molecular weight excluding hydrogens is 292 g/mol. The van der Waals surface area contributed by atoms with E-state index in [0.717, 1.165) is 51.3 Å². The Balaban J connectivity index is 1.50. The zero-order chi connectivity index (χ0) is 15.6. The van der Waals surface area contributed by atoms with Crippen LogP contribution in [0.2, 0.25) is 0 Å². The molecule has 0 unspecified atom stereocenters. The van der Waals surface area contributed by atoms with Gasteiger partial charge in [-0.15, -0.1) is 0 Å². The van der Waals surface area contributed by atoms with Crippen molar-refractivity contribution in [1.29, 1.82) is 0 Å². The molecule has 6 heteroatoms. The van der Waals surface area contributed by atoms with Crippen molar-refractivity contribution >= 4 is 11.9 Å². The maximum absolute atomic E-state index is 12.4. The van der Waals surface area contributed by atoms with Gasteiger partial charge in [0, 0.05) is 43.9 Å². The monoisotopic (exact) mass is 316 g/mol. The fourth-order valence-corrected chi connectivity index (χ4v) is 3.92. The summed E-state index contributed by atoms with van der Waals surface area (Å²) in [6, 6.07) is 1.86. The first kappa shape index (κ1) is 14.9. The van der Waals surface area contributed by atoms with Crippen LogP contribution in [0.15, 0.2) is 18.5 Å². The van der Waals surface area contributed by atoms with E-state index in [9.17, 15) is 4.79 Å². The number of rotatable bonds is 3. The number of hydrogen-bond acceptors (Lipinski definition) is 5. The second-order valence-electron chi connectivity index (χ2n) is 6.93. The zero-order valence-electron chi connectivity index (χ0n) is 13.4. The molecule has 3 atom stereocenters. The minimum absolute atomic E-state index is 0.0333. The summed E-state index contributed by atoms with van der Waals surface area (Å²) in [6.45, 7) is 2.44. The molecular formula is C17H24N4O2. The number of aromatic nitrogens is 2. The van der Waals surface area contributed by atoms with Gasteiger partial charge < -0.3 is 15.0 Å². The predicted octanol–water partition coefficient (Wildman–Crippen LogP) is 1.38. The van der Waals surface area contributed by atoms with Crippen molar-refractivity contribution in [3.8, 4) is 0 Å². The Morgan fingerprint density at radius 2 is 2.00 bits per heavy atom. The average Bonchev–Trinajstić information content (AvgIpc) is 2.54. The molecule has 3 fully saturated rings. The van der Waals surface area contributed by atoms with Gasteiger partial charge in [0.25, 0.3) is 0 Å². The number of anilines is 1. The third kappa shape index (κ3) is 3.04. The standard InChI is InChI=1S/C17H24N4O2/c22-16(12-4-1-5-12)20-14-11-21(17-18-7-3-8-19-17)10-13-6-2-9-23-15(13)14/h3,7-8,12-15H,1-2,4-6,9-11H2,(H,20,22)/t13-,14+,15-/m0/s1. The summed E-state index contributed by atoms with van der Waals surface area (Å²) in [5, 5.41) is 3.26. The summed E-state index contributed by atoms with van der Waals surface area (Å²) in [4.78, 5) is 23.3. The molecule has 1 aromatic rings. The van der Waals surface area contributed by atoms with Crippen molar-refractivity contribution in [3.05, 3.63) is 18.5 Å². The van der Waals surface area contributed by atoms with Crippen molar-refractivity contribution in [2.45, 2.75) is 44.2 Å². The Morgan fingerprint density at radius 3 is 2.74 bits per heavy atom. The lowest BCUT2D eigenvalue weighted by molar-refractivity contribution is -0.131. The number of nitrogens with zero attached hydrogens (tertiary/aromatic N) is 3. The number of fused-ring (bicyclic) bond motifs is 1. The number of ether oxygens (including phenoxy) is 1. The summed E-state index contributed by atoms with van der Waals surface area (Å²) in [6.07, 6.45) is 9.14. The molecule has 124 valence electrons. The number of amides is 1. The van der Waals surface area contributed by atoms with Crippen molar-refractivity contribution < 1.29 is 9.53 Å². The van der Waals surface area contributed by atoms with Gasteiger partial charge in [0.15, 0.2) is 0 Å². The van der Waals surface area contributed by atoms with Gasteiger partial charge in [0.1, 0.15) is 0 Å². The summed E-state index contributed by atoms with van der Waals surface area (Å²) in [7, 11) is 0. The van der Waals surface area contributed by atoms with Crippen LogP contribution in [-0.4, -0.2) is 47.7 Å². The molecule has 23 heavy (non-hydrogen) atoms. The molecule has 4 rings (SSSR count). The van der Waals surface area contributed by atoms with Crippen LogP contribution in [0.1, 0.15) is 32.1 Å². The first-order chi connectivity index (χ1) is 11.3. The zero-order valence-corrected chi connectivity index (χ0v) is 13.4. The fourth-order valence-electron chi connectivity index (χ4n) is 3.92. The molecule has 2 saturated heterocycles. The average molecular weight is 316 g/mol. The SMILES string of the molecule is O=C(N[C@@H]1CN(c2ncccn2)C[C@@H]2CCCO[C@@H]21)C1CCC1. The third-order valence-electron chi connectivity index (χ3n) is 5.40. The van der Waals surface area contributed by atoms with Crippen LogP contribution in [0.3, 0.4) is 0 Å². The second kappa shape index (κ2) is 6.43. The van der Waals surface area contributed by atoms with Gasteiger partial charge in [0.05, 0.1) is 12.1 Å². The van der Waals surface area contributed by atoms with E-state index in [-0.39, 0.29) is 24.0 Å². The summed E-state index contributed by atoms with van der Waals surface area (Å²) >= 11 is 0. The fraction of sp³-hybridized carbons (Fsp3) is 0.706. The number of carbonyl (C=O) groups is 1. The van der Waals surface area contributed by atoms with E-state index in [2.05, 4.69) is 20.2 Å². The highest BCUT2D eigenvalue weighted by Crippen LogP contribution is 2.31. The summed E-state index contributed by atoms with van der Waals surface area (Å²) in [5.74, 6) is 1.60. The summed E-state index contributed by atoms with van der Waals surface area (Å²) in [5.41, 5.74) is 0. The lowest BCUT2D eigenvalue weighted by atomic mass is 9.82. The Hall–Kier alpha value is -1.69. The largest absolute Gasteiger partial charge is 0.376 e. The Labute approximate surface area is 136 Å². The van der Waals surface area contributed by atoms with E-state index in [4.69, 9.17) is 4.74 Å². The molecule has 0 radical (unpaired) electrons. The maximum Gasteiger partial charge on any atom is 0.225 e. The lowest BCUT2D eigenvalue weighted by Crippen LogP contribution is -2.62. The normalized spacial score (nSPS) is 31.1. The highest BCUT2D eigenvalue weighted by Gasteiger charge is 2.41. The van der Waals surface area contributed by atoms with E-state index < -0.39 is 0 Å². The second-order valence-corrected chi connectivity index (χ2v) is 6.93. The number of carbonyl (C=O) groups excluding carboxylic acids is 1. The number of piperidine rings is 1. The van der Waals surface area contributed by atoms with Crippen LogP contribution >= 0.6 is 0 Å². The molecule has 0 spiro atoms. The lowest BCUT2D eigenvalue weighted by Gasteiger charge is -2.46. The minimum Gasteiger partial charge on any atom is -0.376 e. The van der Waals surface area contributed by atoms with Crippen molar-refractivity contribution in [2.75, 3.05) is 24.6 Å². The van der Waals surface area contributed by atoms with Crippen molar-refractivity contribution in [1.82, 2.24) is 15.3 Å². The van der Waals surface area contributed by atoms with E-state index in [0.29, 0.717) is 5.92 Å². The van der Waals surface area contributed by atoms with Crippen LogP contribution < -0.4 is 10.2 Å². The summed E-state index contributed by atoms with van der Waals surface area (Å²) < 4.78 is 6.03. The minimum atomic E-state index is 0.0333. The Morgan fingerprint density at radius 1 is 1.17 bits per heavy atom. The first-order valence-corrected chi connectivity index (χ1v) is 8.75. The number of hydrogen-bond donors (Lipinski definition) is 1. The highest BCUT2D eigenvalue weighted by atomic mass is 16.5. The van der Waals surface area contributed by atoms with Gasteiger partial charge in [-0.25, -0.2) is 9.97 Å². The predicted molar refractivity (Wildman–Crippen MR) is 86.0 cm³/mol. The molecule has 1 saturated carbocycles. The first-order valence-electron chi connectivity index (χ1n) is 8.75. The highest BCUT2D eigenvalue weighted by molar-refractivity contribution is 5.79. The van der Waals surface area contributed by atoms with Gasteiger partial charge in [-0.05, 0) is 31.7 Å². The van der Waals surface area contributed by atoms with Gasteiger partial charge in [-0.2, -0.15) is 0 Å². The third-order valence-corrected chi connectivity index (χ3v) is 5.40. The quantitative estimate of drug-likeness (QED) is 0.912. The molecule has 1 N–H and O–H groups in total. The van der Waals surface area contributed by atoms with Crippen LogP contribution in [0.5, 0.6) is 0 Å². The molecule has 1 amide bonds. The van der Waals surface area contributed by atoms with Gasteiger partial charge >= 0.3 is 0 Å². The van der Waals surface area contributed by atoms with Crippen LogP contribution in [-0.2, 0) is 9.53 Å². The Bertz CT molecular complexity index is 549. The molecule has 3 heterocycles. The molecule has 1 aliphatic carbocycles.